The lowest BCUT2D eigenvalue weighted by Gasteiger charge is -2.24. The highest BCUT2D eigenvalue weighted by molar-refractivity contribution is 7.47. The normalized spacial score (nSPS) is 14.7. The summed E-state index contributed by atoms with van der Waals surface area (Å²) in [4.78, 5) is 35.2. The van der Waals surface area contributed by atoms with Crippen LogP contribution in [-0.2, 0) is 32.7 Å². The second-order valence-corrected chi connectivity index (χ2v) is 16.3. The zero-order valence-corrected chi connectivity index (χ0v) is 34.5. The third-order valence-electron chi connectivity index (χ3n) is 8.51. The molecule has 0 aliphatic heterocycles. The van der Waals surface area contributed by atoms with Crippen LogP contribution in [0.2, 0.25) is 0 Å². The monoisotopic (exact) mass is 759 g/mol. The summed E-state index contributed by atoms with van der Waals surface area (Å²) in [5.41, 5.74) is 0. The standard InChI is InChI=1S/C41H76NO9P/c1-6-8-10-11-12-13-14-15-18-22-25-29-33-41(45)51-39(37-50-52(46,47)49-35-34-42(3,4)5)36-48-40(44)32-28-24-21-19-16-17-20-23-27-31-38(43)30-26-9-7-2/h9,20,23,26-27,31,38-39,43H,6-8,10-19,21-22,24-25,28-30,32-37H2,1-5H3/p+1/b23-20+,26-9+,31-27+/t38?,39-/m1/s1. The molecule has 0 aromatic heterocycles. The van der Waals surface area contributed by atoms with Gasteiger partial charge in [-0.3, -0.25) is 18.6 Å². The first-order valence-corrected chi connectivity index (χ1v) is 21.8. The van der Waals surface area contributed by atoms with Gasteiger partial charge in [-0.2, -0.15) is 0 Å². The summed E-state index contributed by atoms with van der Waals surface area (Å²) in [6.45, 7) is 4.15. The molecule has 0 radical (unpaired) electrons. The number of carbonyl (C=O) groups excluding carboxylic acids is 2. The van der Waals surface area contributed by atoms with E-state index in [0.717, 1.165) is 57.8 Å². The molecule has 0 aromatic carbocycles. The highest BCUT2D eigenvalue weighted by Gasteiger charge is 2.27. The third-order valence-corrected chi connectivity index (χ3v) is 9.50. The van der Waals surface area contributed by atoms with E-state index in [9.17, 15) is 24.2 Å². The van der Waals surface area contributed by atoms with Crippen LogP contribution in [-0.4, -0.2) is 86.1 Å². The van der Waals surface area contributed by atoms with Crippen LogP contribution in [0, 0.1) is 0 Å². The lowest BCUT2D eigenvalue weighted by Crippen LogP contribution is -2.37. The van der Waals surface area contributed by atoms with Gasteiger partial charge in [-0.15, -0.1) is 0 Å². The number of aliphatic hydroxyl groups is 1. The molecule has 52 heavy (non-hydrogen) atoms. The van der Waals surface area contributed by atoms with Crippen LogP contribution in [0.1, 0.15) is 155 Å². The zero-order valence-electron chi connectivity index (χ0n) is 33.7. The minimum absolute atomic E-state index is 0.0200. The number of aliphatic hydroxyl groups excluding tert-OH is 1. The molecule has 0 fully saturated rings. The number of hydrogen-bond donors (Lipinski definition) is 2. The highest BCUT2D eigenvalue weighted by atomic mass is 31.2. The molecular formula is C41H77NO9P+. The van der Waals surface area contributed by atoms with Crippen LogP contribution in [0.4, 0.5) is 0 Å². The van der Waals surface area contributed by atoms with Crippen LogP contribution in [0.25, 0.3) is 0 Å². The molecular weight excluding hydrogens is 681 g/mol. The van der Waals surface area contributed by atoms with E-state index >= 15 is 0 Å². The van der Waals surface area contributed by atoms with E-state index in [4.69, 9.17) is 18.5 Å². The smallest absolute Gasteiger partial charge is 0.462 e. The number of unbranched alkanes of at least 4 members (excludes halogenated alkanes) is 16. The van der Waals surface area contributed by atoms with Crippen LogP contribution in [0.5, 0.6) is 0 Å². The van der Waals surface area contributed by atoms with Gasteiger partial charge in [0.15, 0.2) is 6.10 Å². The summed E-state index contributed by atoms with van der Waals surface area (Å²) in [7, 11) is 1.43. The zero-order chi connectivity index (χ0) is 38.8. The molecule has 0 spiro atoms. The number of allylic oxidation sites excluding steroid dienone is 4. The molecule has 0 saturated carbocycles. The minimum Gasteiger partial charge on any atom is -0.462 e. The number of hydrogen-bond acceptors (Lipinski definition) is 8. The van der Waals surface area contributed by atoms with Gasteiger partial charge < -0.3 is 24.0 Å². The second kappa shape index (κ2) is 33.7. The molecule has 0 aliphatic carbocycles. The lowest BCUT2D eigenvalue weighted by atomic mass is 10.0. The summed E-state index contributed by atoms with van der Waals surface area (Å²) in [5, 5.41) is 9.86. The van der Waals surface area contributed by atoms with Gasteiger partial charge in [-0.05, 0) is 38.5 Å². The summed E-state index contributed by atoms with van der Waals surface area (Å²) in [5.74, 6) is -0.853. The fraction of sp³-hybridized carbons (Fsp3) is 0.805. The van der Waals surface area contributed by atoms with Crippen LogP contribution < -0.4 is 0 Å². The van der Waals surface area contributed by atoms with E-state index in [1.54, 1.807) is 6.08 Å². The maximum absolute atomic E-state index is 12.6. The second-order valence-electron chi connectivity index (χ2n) is 14.8. The number of phosphoric ester groups is 1. The first-order valence-electron chi connectivity index (χ1n) is 20.3. The van der Waals surface area contributed by atoms with Crippen molar-refractivity contribution in [1.82, 2.24) is 0 Å². The number of ether oxygens (including phenoxy) is 2. The maximum atomic E-state index is 12.6. The van der Waals surface area contributed by atoms with E-state index in [1.165, 1.54) is 51.4 Å². The van der Waals surface area contributed by atoms with Crippen LogP contribution >= 0.6 is 7.82 Å². The molecule has 11 heteroatoms. The van der Waals surface area contributed by atoms with Gasteiger partial charge in [-0.1, -0.05) is 140 Å². The molecule has 2 unspecified atom stereocenters. The van der Waals surface area contributed by atoms with Crippen LogP contribution in [0.15, 0.2) is 36.5 Å². The average Bonchev–Trinajstić information content (AvgIpc) is 3.08. The molecule has 0 rings (SSSR count). The van der Waals surface area contributed by atoms with E-state index < -0.39 is 38.6 Å². The quantitative estimate of drug-likeness (QED) is 0.0160. The minimum atomic E-state index is -4.38. The van der Waals surface area contributed by atoms with Gasteiger partial charge in [0, 0.05) is 12.8 Å². The average molecular weight is 759 g/mol. The van der Waals surface area contributed by atoms with Crippen molar-refractivity contribution in [3.8, 4) is 0 Å². The number of rotatable bonds is 36. The van der Waals surface area contributed by atoms with Crippen molar-refractivity contribution < 1.29 is 47.2 Å². The molecule has 2 N–H and O–H groups in total. The third kappa shape index (κ3) is 36.5. The molecule has 0 saturated heterocycles. The van der Waals surface area contributed by atoms with Crippen molar-refractivity contribution >= 4 is 19.8 Å². The van der Waals surface area contributed by atoms with Crippen molar-refractivity contribution in [3.63, 3.8) is 0 Å². The fourth-order valence-electron chi connectivity index (χ4n) is 5.28. The van der Waals surface area contributed by atoms with E-state index in [-0.39, 0.29) is 26.1 Å². The van der Waals surface area contributed by atoms with Gasteiger partial charge >= 0.3 is 19.8 Å². The van der Waals surface area contributed by atoms with Crippen molar-refractivity contribution in [3.05, 3.63) is 36.5 Å². The number of likely N-dealkylation sites (N-methyl/N-ethyl adjacent to an activating group) is 1. The van der Waals surface area contributed by atoms with Crippen molar-refractivity contribution in [2.24, 2.45) is 0 Å². The number of phosphoric acid groups is 1. The van der Waals surface area contributed by atoms with Gasteiger partial charge in [0.05, 0.1) is 33.9 Å². The largest absolute Gasteiger partial charge is 0.472 e. The molecule has 0 aliphatic rings. The Morgan fingerprint density at radius 3 is 1.83 bits per heavy atom. The predicted octanol–water partition coefficient (Wildman–Crippen LogP) is 9.93. The van der Waals surface area contributed by atoms with Crippen LogP contribution in [0.3, 0.4) is 0 Å². The van der Waals surface area contributed by atoms with Crippen molar-refractivity contribution in [2.45, 2.75) is 167 Å². The molecule has 3 atom stereocenters. The number of nitrogens with zero attached hydrogens (tertiary/aromatic N) is 1. The summed E-state index contributed by atoms with van der Waals surface area (Å²) in [6.07, 6.45) is 32.3. The molecule has 0 aromatic rings. The Morgan fingerprint density at radius 2 is 1.25 bits per heavy atom. The Morgan fingerprint density at radius 1 is 0.692 bits per heavy atom. The van der Waals surface area contributed by atoms with E-state index in [1.807, 2.05) is 45.4 Å². The van der Waals surface area contributed by atoms with E-state index in [0.29, 0.717) is 30.3 Å². The van der Waals surface area contributed by atoms with Gasteiger partial charge in [-0.25, -0.2) is 4.57 Å². The Labute approximate surface area is 317 Å². The number of carbonyl (C=O) groups is 2. The number of quaternary nitrogens is 1. The first-order chi connectivity index (χ1) is 24.9. The topological polar surface area (TPSA) is 129 Å². The van der Waals surface area contributed by atoms with Gasteiger partial charge in [0.25, 0.3) is 0 Å². The Balaban J connectivity index is 4.46. The highest BCUT2D eigenvalue weighted by Crippen LogP contribution is 2.43. The molecule has 304 valence electrons. The number of esters is 2. The van der Waals surface area contributed by atoms with Crippen molar-refractivity contribution in [1.29, 1.82) is 0 Å². The molecule has 0 bridgehead atoms. The van der Waals surface area contributed by atoms with Gasteiger partial charge in [0.2, 0.25) is 0 Å². The fourth-order valence-corrected chi connectivity index (χ4v) is 6.03. The lowest BCUT2D eigenvalue weighted by molar-refractivity contribution is -0.870. The summed E-state index contributed by atoms with van der Waals surface area (Å²) >= 11 is 0. The Hall–Kier alpha value is -1.81. The Kier molecular flexibility index (Phi) is 32.6. The summed E-state index contributed by atoms with van der Waals surface area (Å²) < 4.78 is 34.1. The first kappa shape index (κ1) is 50.2. The van der Waals surface area contributed by atoms with Gasteiger partial charge in [0.1, 0.15) is 19.8 Å². The van der Waals surface area contributed by atoms with E-state index in [2.05, 4.69) is 19.9 Å². The Bertz CT molecular complexity index is 1010. The van der Waals surface area contributed by atoms with Crippen molar-refractivity contribution in [2.75, 3.05) is 47.5 Å². The molecule has 10 nitrogen and oxygen atoms in total. The SMILES string of the molecule is CC/C=C/CC(O)/C=C/C=C/CCCCCCCC(=O)OC[C@H](COP(=O)(O)OCC[N+](C)(C)C)OC(=O)CCCCCCCCCCCCCC. The predicted molar refractivity (Wildman–Crippen MR) is 212 cm³/mol. The molecule has 0 heterocycles. The molecule has 0 amide bonds. The summed E-state index contributed by atoms with van der Waals surface area (Å²) in [6, 6.07) is 0. The maximum Gasteiger partial charge on any atom is 0.472 e.